The summed E-state index contributed by atoms with van der Waals surface area (Å²) < 4.78 is 16.5. The van der Waals surface area contributed by atoms with Crippen LogP contribution in [0.2, 0.25) is 0 Å². The zero-order chi connectivity index (χ0) is 25.5. The summed E-state index contributed by atoms with van der Waals surface area (Å²) in [5.74, 6) is -0.704. The molecule has 0 bridgehead atoms. The van der Waals surface area contributed by atoms with Gasteiger partial charge in [-0.05, 0) is 184 Å². The molecule has 0 unspecified atom stereocenters. The smallest absolute Gasteiger partial charge is 0.345 e. The molecular weight excluding hydrogens is 1100 g/mol. The van der Waals surface area contributed by atoms with Crippen molar-refractivity contribution in [3.63, 3.8) is 0 Å². The van der Waals surface area contributed by atoms with Crippen molar-refractivity contribution in [2.45, 2.75) is 0 Å². The van der Waals surface area contributed by atoms with Crippen LogP contribution in [0.5, 0.6) is 11.5 Å². The zero-order valence-corrected chi connectivity index (χ0v) is 31.6. The molecule has 0 saturated heterocycles. The monoisotopic (exact) mass is 1100 g/mol. The summed E-state index contributed by atoms with van der Waals surface area (Å²) in [4.78, 5) is 26.2. The molecule has 3 aromatic carbocycles. The number of carbonyl (C=O) groups excluding carboxylic acids is 2. The average Bonchev–Trinajstić information content (AvgIpc) is 2.79. The van der Waals surface area contributed by atoms with Crippen LogP contribution in [-0.2, 0) is 0 Å². The van der Waals surface area contributed by atoms with Gasteiger partial charge in [-0.2, -0.15) is 0 Å². The lowest BCUT2D eigenvalue weighted by molar-refractivity contribution is 0.0715. The van der Waals surface area contributed by atoms with E-state index < -0.39 is 11.9 Å². The third-order valence-electron chi connectivity index (χ3n) is 4.08. The molecule has 0 heterocycles. The topological polar surface area (TPSA) is 52.6 Å². The van der Waals surface area contributed by atoms with E-state index in [0.717, 1.165) is 8.95 Å². The SMILES string of the molecule is O=C(Oc1ccc(Br)c(Br)c1Br)c1c(Br)c(Br)c(C(=O)Oc2ccc(Br)c(Br)c2Br)c(Br)c1Br. The summed E-state index contributed by atoms with van der Waals surface area (Å²) in [6.07, 6.45) is 0. The van der Waals surface area contributed by atoms with E-state index in [9.17, 15) is 9.59 Å². The summed E-state index contributed by atoms with van der Waals surface area (Å²) in [5.41, 5.74) is 0.322. The van der Waals surface area contributed by atoms with Gasteiger partial charge in [-0.1, -0.05) is 0 Å². The lowest BCUT2D eigenvalue weighted by Crippen LogP contribution is -2.16. The molecule has 0 aliphatic heterocycles. The number of benzene rings is 3. The quantitative estimate of drug-likeness (QED) is 0.113. The molecule has 0 saturated carbocycles. The van der Waals surface area contributed by atoms with E-state index in [0.29, 0.717) is 47.3 Å². The molecule has 178 valence electrons. The van der Waals surface area contributed by atoms with E-state index in [1.54, 1.807) is 24.3 Å². The van der Waals surface area contributed by atoms with Crippen molar-refractivity contribution in [2.24, 2.45) is 0 Å². The summed E-state index contributed by atoms with van der Waals surface area (Å²) in [6, 6.07) is 6.77. The van der Waals surface area contributed by atoms with Gasteiger partial charge >= 0.3 is 11.9 Å². The van der Waals surface area contributed by atoms with Crippen molar-refractivity contribution in [3.8, 4) is 11.5 Å². The fraction of sp³-hybridized carbons (Fsp3) is 0. The maximum absolute atomic E-state index is 13.1. The van der Waals surface area contributed by atoms with Crippen LogP contribution in [-0.4, -0.2) is 11.9 Å². The Morgan fingerprint density at radius 3 is 1.03 bits per heavy atom. The predicted octanol–water partition coefficient (Wildman–Crippen LogP) is 11.7. The second-order valence-electron chi connectivity index (χ2n) is 6.13. The minimum absolute atomic E-state index is 0.161. The molecule has 34 heavy (non-hydrogen) atoms. The van der Waals surface area contributed by atoms with E-state index >= 15 is 0 Å². The molecule has 4 nitrogen and oxygen atoms in total. The van der Waals surface area contributed by atoms with E-state index in [1.807, 2.05) is 0 Å². The van der Waals surface area contributed by atoms with Crippen LogP contribution in [0.1, 0.15) is 20.7 Å². The Kier molecular flexibility index (Phi) is 11.0. The summed E-state index contributed by atoms with van der Waals surface area (Å²) in [7, 11) is 0. The van der Waals surface area contributed by atoms with Crippen molar-refractivity contribution >= 4 is 171 Å². The highest BCUT2D eigenvalue weighted by Crippen LogP contribution is 2.45. The Labute approximate surface area is 278 Å². The molecule has 0 amide bonds. The van der Waals surface area contributed by atoms with Gasteiger partial charge in [0.1, 0.15) is 11.5 Å². The normalized spacial score (nSPS) is 10.9. The van der Waals surface area contributed by atoms with E-state index in [2.05, 4.69) is 159 Å². The number of hydrogen-bond acceptors (Lipinski definition) is 4. The predicted molar refractivity (Wildman–Crippen MR) is 166 cm³/mol. The molecule has 0 fully saturated rings. The number of rotatable bonds is 4. The largest absolute Gasteiger partial charge is 0.422 e. The Balaban J connectivity index is 2.00. The molecule has 3 aromatic rings. The first-order valence-electron chi connectivity index (χ1n) is 8.44. The number of ether oxygens (including phenoxy) is 2. The molecule has 0 radical (unpaired) electrons. The fourth-order valence-corrected chi connectivity index (χ4v) is 7.93. The number of hydrogen-bond donors (Lipinski definition) is 0. The maximum Gasteiger partial charge on any atom is 0.345 e. The summed E-state index contributed by atoms with van der Waals surface area (Å²) >= 11 is 34.1. The number of halogens is 10. The van der Waals surface area contributed by atoms with E-state index in [1.165, 1.54) is 0 Å². The maximum atomic E-state index is 13.1. The molecule has 0 aliphatic carbocycles. The van der Waals surface area contributed by atoms with Crippen LogP contribution >= 0.6 is 159 Å². The molecule has 0 N–H and O–H groups in total. The highest BCUT2D eigenvalue weighted by atomic mass is 79.9. The molecule has 3 rings (SSSR count). The minimum atomic E-state index is -0.658. The fourth-order valence-electron chi connectivity index (χ4n) is 2.47. The zero-order valence-electron chi connectivity index (χ0n) is 15.7. The summed E-state index contributed by atoms with van der Waals surface area (Å²) in [6.45, 7) is 0. The second kappa shape index (κ2) is 12.5. The Morgan fingerprint density at radius 1 is 0.441 bits per heavy atom. The number of carbonyl (C=O) groups is 2. The van der Waals surface area contributed by atoms with Crippen LogP contribution in [0.15, 0.2) is 69.0 Å². The highest BCUT2D eigenvalue weighted by molar-refractivity contribution is 9.15. The standard InChI is InChI=1S/C20H4Br10O4/c21-5-1-3-7(13(25)11(5)23)33-19(31)9-15(27)17(29)10(18(30)16(9)28)20(32)34-8-4-2-6(22)12(24)14(8)26/h1-4H. The third-order valence-corrected chi connectivity index (χ3v) is 15.0. The van der Waals surface area contributed by atoms with Crippen LogP contribution in [0.4, 0.5) is 0 Å². The molecule has 0 spiro atoms. The molecule has 0 aromatic heterocycles. The van der Waals surface area contributed by atoms with Crippen LogP contribution in [0.3, 0.4) is 0 Å². The third kappa shape index (κ3) is 6.17. The van der Waals surface area contributed by atoms with Gasteiger partial charge in [0.15, 0.2) is 0 Å². The van der Waals surface area contributed by atoms with Crippen molar-refractivity contribution < 1.29 is 19.1 Å². The molecule has 0 aliphatic rings. The highest BCUT2D eigenvalue weighted by Gasteiger charge is 2.30. The van der Waals surface area contributed by atoms with E-state index in [-0.39, 0.29) is 11.1 Å². The Bertz CT molecular complexity index is 1220. The van der Waals surface area contributed by atoms with Gasteiger partial charge in [0, 0.05) is 35.8 Å². The minimum Gasteiger partial charge on any atom is -0.422 e. The summed E-state index contributed by atoms with van der Waals surface area (Å²) in [5, 5.41) is 0. The van der Waals surface area contributed by atoms with Crippen molar-refractivity contribution in [3.05, 3.63) is 80.1 Å². The van der Waals surface area contributed by atoms with Crippen LogP contribution < -0.4 is 9.47 Å². The first kappa shape index (κ1) is 29.9. The van der Waals surface area contributed by atoms with Crippen molar-refractivity contribution in [1.29, 1.82) is 0 Å². The number of esters is 2. The van der Waals surface area contributed by atoms with Gasteiger partial charge in [0.2, 0.25) is 0 Å². The van der Waals surface area contributed by atoms with Crippen LogP contribution in [0.25, 0.3) is 0 Å². The Morgan fingerprint density at radius 2 is 0.735 bits per heavy atom. The van der Waals surface area contributed by atoms with Gasteiger partial charge in [-0.15, -0.1) is 0 Å². The molecule has 0 atom stereocenters. The van der Waals surface area contributed by atoms with Gasteiger partial charge < -0.3 is 9.47 Å². The lowest BCUT2D eigenvalue weighted by Gasteiger charge is -2.16. The van der Waals surface area contributed by atoms with Gasteiger partial charge in [-0.3, -0.25) is 0 Å². The first-order valence-corrected chi connectivity index (χ1v) is 16.4. The van der Waals surface area contributed by atoms with Gasteiger partial charge in [0.25, 0.3) is 0 Å². The van der Waals surface area contributed by atoms with Gasteiger partial charge in [-0.25, -0.2) is 9.59 Å². The Hall–Kier alpha value is 1.40. The second-order valence-corrected chi connectivity index (χ2v) is 14.2. The molecule has 14 heteroatoms. The first-order chi connectivity index (χ1) is 15.9. The van der Waals surface area contributed by atoms with Crippen LogP contribution in [0, 0.1) is 0 Å². The van der Waals surface area contributed by atoms with Crippen molar-refractivity contribution in [2.75, 3.05) is 0 Å². The van der Waals surface area contributed by atoms with Gasteiger partial charge in [0.05, 0.1) is 20.1 Å². The lowest BCUT2D eigenvalue weighted by atomic mass is 10.1. The van der Waals surface area contributed by atoms with Crippen molar-refractivity contribution in [1.82, 2.24) is 0 Å². The van der Waals surface area contributed by atoms with E-state index in [4.69, 9.17) is 9.47 Å². The average molecular weight is 1110 g/mol. The molecular formula is C20H4Br10O4.